The van der Waals surface area contributed by atoms with E-state index in [1.807, 2.05) is 6.08 Å². The van der Waals surface area contributed by atoms with Gasteiger partial charge < -0.3 is 9.84 Å². The Balaban J connectivity index is 2.48. The molecule has 1 aliphatic carbocycles. The van der Waals surface area contributed by atoms with Crippen LogP contribution in [0.1, 0.15) is 59.8 Å². The summed E-state index contributed by atoms with van der Waals surface area (Å²) in [6, 6.07) is 0. The van der Waals surface area contributed by atoms with E-state index in [-0.39, 0.29) is 12.0 Å². The Labute approximate surface area is 112 Å². The summed E-state index contributed by atoms with van der Waals surface area (Å²) in [4.78, 5) is 0. The lowest BCUT2D eigenvalue weighted by molar-refractivity contribution is -0.420. The van der Waals surface area contributed by atoms with Crippen LogP contribution in [0.25, 0.3) is 0 Å². The molecule has 1 aliphatic rings. The van der Waals surface area contributed by atoms with Crippen molar-refractivity contribution in [3.63, 3.8) is 0 Å². The fourth-order valence-corrected chi connectivity index (χ4v) is 2.69. The summed E-state index contributed by atoms with van der Waals surface area (Å²) < 4.78 is 6.06. The first-order valence-electron chi connectivity index (χ1n) is 7.59. The molecule has 0 bridgehead atoms. The van der Waals surface area contributed by atoms with Crippen LogP contribution >= 0.6 is 0 Å². The highest BCUT2D eigenvalue weighted by molar-refractivity contribution is 5.17. The van der Waals surface area contributed by atoms with E-state index >= 15 is 0 Å². The van der Waals surface area contributed by atoms with Gasteiger partial charge in [0, 0.05) is 6.61 Å². The van der Waals surface area contributed by atoms with Crippen molar-refractivity contribution in [3.05, 3.63) is 11.6 Å². The van der Waals surface area contributed by atoms with Gasteiger partial charge in [0.25, 0.3) is 0 Å². The van der Waals surface area contributed by atoms with E-state index in [2.05, 4.69) is 27.7 Å². The maximum Gasteiger partial charge on any atom is 0.0812 e. The van der Waals surface area contributed by atoms with E-state index in [1.165, 1.54) is 24.8 Å². The van der Waals surface area contributed by atoms with Crippen LogP contribution in [-0.4, -0.2) is 18.8 Å². The van der Waals surface area contributed by atoms with E-state index in [0.29, 0.717) is 5.92 Å². The first kappa shape index (κ1) is 15.7. The molecule has 0 aromatic carbocycles. The molecule has 1 rings (SSSR count). The van der Waals surface area contributed by atoms with Crippen molar-refractivity contribution in [2.75, 3.05) is 6.61 Å². The van der Waals surface area contributed by atoms with Gasteiger partial charge in [-0.3, -0.25) is 0 Å². The molecule has 106 valence electrons. The lowest BCUT2D eigenvalue weighted by Crippen LogP contribution is -2.44. The van der Waals surface area contributed by atoms with Crippen LogP contribution in [0.15, 0.2) is 11.6 Å². The van der Waals surface area contributed by atoms with Crippen LogP contribution in [0, 0.1) is 11.8 Å². The average molecular weight is 253 g/mol. The highest BCUT2D eigenvalue weighted by Gasteiger charge is 2.30. The van der Waals surface area contributed by atoms with Crippen molar-refractivity contribution in [3.8, 4) is 0 Å². The van der Waals surface area contributed by atoms with Crippen molar-refractivity contribution in [1.29, 1.82) is 0 Å². The van der Waals surface area contributed by atoms with E-state index in [9.17, 15) is 5.11 Å². The van der Waals surface area contributed by atoms with Gasteiger partial charge in [-0.2, -0.15) is 0 Å². The molecule has 0 N–H and O–H groups in total. The molecular formula is C16H29O2-. The third kappa shape index (κ3) is 4.10. The largest absolute Gasteiger partial charge is 0.849 e. The topological polar surface area (TPSA) is 32.3 Å². The minimum Gasteiger partial charge on any atom is -0.849 e. The standard InChI is InChI=1S/C16H29O2/c1-5-7-8-9-10-18-16-13(4)12(3)15(17)11-14(16)6-2/h11-13,15-16H,5-10H2,1-4H3/q-1. The first-order chi connectivity index (χ1) is 8.61. The zero-order valence-corrected chi connectivity index (χ0v) is 12.4. The average Bonchev–Trinajstić information content (AvgIpc) is 2.37. The number of unbranched alkanes of at least 4 members (excludes halogenated alkanes) is 3. The molecule has 0 aromatic rings. The second-order valence-corrected chi connectivity index (χ2v) is 5.63. The lowest BCUT2D eigenvalue weighted by Gasteiger charge is -2.42. The Morgan fingerprint density at radius 3 is 2.44 bits per heavy atom. The van der Waals surface area contributed by atoms with Crippen molar-refractivity contribution in [1.82, 2.24) is 0 Å². The quantitative estimate of drug-likeness (QED) is 0.515. The van der Waals surface area contributed by atoms with Crippen molar-refractivity contribution < 1.29 is 9.84 Å². The van der Waals surface area contributed by atoms with Gasteiger partial charge in [0.2, 0.25) is 0 Å². The van der Waals surface area contributed by atoms with Crippen LogP contribution in [0.5, 0.6) is 0 Å². The zero-order chi connectivity index (χ0) is 13.5. The Bertz CT molecular complexity index is 260. The highest BCUT2D eigenvalue weighted by atomic mass is 16.5. The molecule has 2 heteroatoms. The van der Waals surface area contributed by atoms with Gasteiger partial charge in [0.15, 0.2) is 0 Å². The van der Waals surface area contributed by atoms with Crippen LogP contribution in [0.2, 0.25) is 0 Å². The number of hydrogen-bond acceptors (Lipinski definition) is 2. The van der Waals surface area contributed by atoms with Crippen LogP contribution in [0.3, 0.4) is 0 Å². The Morgan fingerprint density at radius 1 is 1.11 bits per heavy atom. The molecule has 0 amide bonds. The molecule has 0 aromatic heterocycles. The molecule has 0 saturated heterocycles. The van der Waals surface area contributed by atoms with Crippen molar-refractivity contribution in [2.45, 2.75) is 72.0 Å². The maximum absolute atomic E-state index is 11.9. The van der Waals surface area contributed by atoms with E-state index in [4.69, 9.17) is 4.74 Å². The van der Waals surface area contributed by atoms with Gasteiger partial charge in [0.1, 0.15) is 0 Å². The van der Waals surface area contributed by atoms with E-state index in [1.54, 1.807) is 0 Å². The van der Waals surface area contributed by atoms with Gasteiger partial charge in [-0.25, -0.2) is 0 Å². The van der Waals surface area contributed by atoms with Gasteiger partial charge in [0.05, 0.1) is 6.10 Å². The summed E-state index contributed by atoms with van der Waals surface area (Å²) in [6.07, 6.45) is 7.42. The SMILES string of the molecule is CCCCCCOC1C(CC)=CC([O-])C(C)C1C. The predicted octanol–water partition coefficient (Wildman–Crippen LogP) is 3.30. The predicted molar refractivity (Wildman–Crippen MR) is 74.4 cm³/mol. The molecule has 2 nitrogen and oxygen atoms in total. The summed E-state index contributed by atoms with van der Waals surface area (Å²) in [5.41, 5.74) is 1.22. The maximum atomic E-state index is 11.9. The normalized spacial score (nSPS) is 32.4. The minimum absolute atomic E-state index is 0.178. The summed E-state index contributed by atoms with van der Waals surface area (Å²) in [5, 5.41) is 11.9. The molecule has 18 heavy (non-hydrogen) atoms. The fourth-order valence-electron chi connectivity index (χ4n) is 2.69. The lowest BCUT2D eigenvalue weighted by atomic mass is 9.77. The first-order valence-corrected chi connectivity index (χ1v) is 7.59. The Morgan fingerprint density at radius 2 is 1.83 bits per heavy atom. The fraction of sp³-hybridized carbons (Fsp3) is 0.875. The van der Waals surface area contributed by atoms with Crippen LogP contribution in [-0.2, 0) is 4.74 Å². The number of hydrogen-bond donors (Lipinski definition) is 0. The molecule has 4 unspecified atom stereocenters. The third-order valence-corrected chi connectivity index (χ3v) is 4.27. The van der Waals surface area contributed by atoms with E-state index in [0.717, 1.165) is 19.4 Å². The van der Waals surface area contributed by atoms with Gasteiger partial charge in [-0.15, -0.1) is 6.10 Å². The molecule has 4 atom stereocenters. The minimum atomic E-state index is -0.546. The van der Waals surface area contributed by atoms with Crippen molar-refractivity contribution in [2.24, 2.45) is 11.8 Å². The number of rotatable bonds is 7. The van der Waals surface area contributed by atoms with Gasteiger partial charge in [-0.05, 0) is 30.3 Å². The molecule has 0 fully saturated rings. The highest BCUT2D eigenvalue weighted by Crippen LogP contribution is 2.32. The second-order valence-electron chi connectivity index (χ2n) is 5.63. The monoisotopic (exact) mass is 253 g/mol. The molecule has 0 spiro atoms. The zero-order valence-electron chi connectivity index (χ0n) is 12.4. The second kappa shape index (κ2) is 7.96. The Kier molecular flexibility index (Phi) is 6.95. The van der Waals surface area contributed by atoms with Gasteiger partial charge in [-0.1, -0.05) is 53.0 Å². The number of ether oxygens (including phenoxy) is 1. The van der Waals surface area contributed by atoms with Crippen LogP contribution < -0.4 is 5.11 Å². The summed E-state index contributed by atoms with van der Waals surface area (Å²) in [7, 11) is 0. The summed E-state index contributed by atoms with van der Waals surface area (Å²) in [5.74, 6) is 0.527. The molecule has 0 aliphatic heterocycles. The molecular weight excluding hydrogens is 224 g/mol. The summed E-state index contributed by atoms with van der Waals surface area (Å²) >= 11 is 0. The summed E-state index contributed by atoms with van der Waals surface area (Å²) in [6.45, 7) is 9.39. The van der Waals surface area contributed by atoms with E-state index < -0.39 is 6.10 Å². The Hall–Kier alpha value is -0.340. The molecule has 0 saturated carbocycles. The molecule has 0 heterocycles. The van der Waals surface area contributed by atoms with Crippen LogP contribution in [0.4, 0.5) is 0 Å². The smallest absolute Gasteiger partial charge is 0.0812 e. The third-order valence-electron chi connectivity index (χ3n) is 4.27. The van der Waals surface area contributed by atoms with Crippen molar-refractivity contribution >= 4 is 0 Å². The van der Waals surface area contributed by atoms with Gasteiger partial charge >= 0.3 is 0 Å². The molecule has 0 radical (unpaired) electrons.